The third-order valence-electron chi connectivity index (χ3n) is 8.29. The number of hydrogen-bond acceptors (Lipinski definition) is 9. The van der Waals surface area contributed by atoms with Gasteiger partial charge in [-0.15, -0.1) is 0 Å². The van der Waals surface area contributed by atoms with E-state index in [1.54, 1.807) is 24.3 Å². The molecular weight excluding hydrogens is 533 g/mol. The van der Waals surface area contributed by atoms with E-state index in [2.05, 4.69) is 20.4 Å². The van der Waals surface area contributed by atoms with Gasteiger partial charge in [0.15, 0.2) is 0 Å². The van der Waals surface area contributed by atoms with Crippen LogP contribution in [0.1, 0.15) is 50.7 Å². The van der Waals surface area contributed by atoms with Gasteiger partial charge in [0.2, 0.25) is 5.91 Å². The predicted molar refractivity (Wildman–Crippen MR) is 144 cm³/mol. The molecule has 4 amide bonds. The van der Waals surface area contributed by atoms with Gasteiger partial charge in [-0.05, 0) is 23.8 Å². The van der Waals surface area contributed by atoms with Crippen molar-refractivity contribution in [2.45, 2.75) is 31.5 Å². The molecule has 3 saturated heterocycles. The van der Waals surface area contributed by atoms with Crippen molar-refractivity contribution < 1.29 is 38.0 Å². The summed E-state index contributed by atoms with van der Waals surface area (Å²) in [5.41, 5.74) is 1.53. The number of likely N-dealkylation sites (tertiary alicyclic amines) is 1. The van der Waals surface area contributed by atoms with Gasteiger partial charge in [0, 0.05) is 57.2 Å². The highest BCUT2D eigenvalue weighted by molar-refractivity contribution is 6.43. The molecule has 1 unspecified atom stereocenters. The first-order chi connectivity index (χ1) is 19.9. The van der Waals surface area contributed by atoms with E-state index in [1.165, 1.54) is 12.1 Å². The third kappa shape index (κ3) is 5.08. The van der Waals surface area contributed by atoms with Crippen LogP contribution in [0.4, 0.5) is 10.1 Å². The molecule has 2 aromatic carbocycles. The molecule has 0 bridgehead atoms. The van der Waals surface area contributed by atoms with Crippen LogP contribution in [-0.4, -0.2) is 101 Å². The second-order valence-corrected chi connectivity index (χ2v) is 10.7. The van der Waals surface area contributed by atoms with Crippen LogP contribution in [0.5, 0.6) is 0 Å². The monoisotopic (exact) mass is 564 g/mol. The van der Waals surface area contributed by atoms with E-state index in [0.29, 0.717) is 22.9 Å². The van der Waals surface area contributed by atoms with Crippen molar-refractivity contribution in [2.24, 2.45) is 0 Å². The smallest absolute Gasteiger partial charge is 0.394 e. The average molecular weight is 565 g/mol. The van der Waals surface area contributed by atoms with Gasteiger partial charge in [0.25, 0.3) is 5.71 Å². The first kappa shape index (κ1) is 27.3. The highest BCUT2D eigenvalue weighted by Crippen LogP contribution is 2.31. The van der Waals surface area contributed by atoms with Gasteiger partial charge in [0.1, 0.15) is 16.9 Å². The Labute approximate surface area is 235 Å². The Hall–Kier alpha value is -3.84. The lowest BCUT2D eigenvalue weighted by Gasteiger charge is -2.49. The number of benzene rings is 2. The van der Waals surface area contributed by atoms with Gasteiger partial charge in [-0.2, -0.15) is 0 Å². The molecule has 2 aromatic rings. The first-order valence-corrected chi connectivity index (χ1v) is 13.8. The topological polar surface area (TPSA) is 131 Å². The van der Waals surface area contributed by atoms with Crippen LogP contribution in [0.2, 0.25) is 0 Å². The van der Waals surface area contributed by atoms with Crippen LogP contribution in [0.25, 0.3) is 0 Å². The van der Waals surface area contributed by atoms with E-state index in [4.69, 9.17) is 4.74 Å². The maximum atomic E-state index is 15.2. The number of aliphatic hydroxyl groups excluding tert-OH is 1. The standard InChI is InChI=1S/C29H30FN5O6/c30-21-12-17(24(16-36)34-14-19(15-34)33-8-10-41-11-9-33)4-5-18(21)13-31-22-3-1-2-20-26(22)29(40)35(28(20)39)23-6-7-25(37)32-27(23)38/h1-5,12,19,24,36H,6-11,13-16H2,(H-,31,32,37,38,40)/p+1. The zero-order valence-corrected chi connectivity index (χ0v) is 22.4. The molecule has 4 aliphatic rings. The first-order valence-electron chi connectivity index (χ1n) is 13.8. The number of fused-ring (bicyclic) bond motifs is 1. The molecule has 4 aliphatic heterocycles. The van der Waals surface area contributed by atoms with Crippen molar-refractivity contribution in [3.8, 4) is 0 Å². The van der Waals surface area contributed by atoms with Gasteiger partial charge in [0.05, 0.1) is 31.5 Å². The number of carbonyl (C=O) groups excluding carboxylic acids is 4. The van der Waals surface area contributed by atoms with E-state index in [0.717, 1.165) is 44.0 Å². The quantitative estimate of drug-likeness (QED) is 0.328. The number of hydrogen-bond donors (Lipinski definition) is 3. The van der Waals surface area contributed by atoms with Gasteiger partial charge in [-0.25, -0.2) is 14.0 Å². The van der Waals surface area contributed by atoms with Crippen molar-refractivity contribution in [3.05, 3.63) is 64.5 Å². The minimum atomic E-state index is -0.761. The van der Waals surface area contributed by atoms with Crippen LogP contribution in [0.3, 0.4) is 0 Å². The lowest BCUT2D eigenvalue weighted by Crippen LogP contribution is -2.62. The van der Waals surface area contributed by atoms with Crippen molar-refractivity contribution in [1.82, 2.24) is 15.1 Å². The summed E-state index contributed by atoms with van der Waals surface area (Å²) in [4.78, 5) is 54.7. The number of nitrogens with one attached hydrogen (secondary N) is 2. The van der Waals surface area contributed by atoms with E-state index in [1.807, 2.05) is 0 Å². The molecule has 4 heterocycles. The Morgan fingerprint density at radius 3 is 2.56 bits per heavy atom. The van der Waals surface area contributed by atoms with Gasteiger partial charge in [-0.1, -0.05) is 22.8 Å². The minimum absolute atomic E-state index is 0.00178. The number of piperidine rings is 1. The van der Waals surface area contributed by atoms with Crippen molar-refractivity contribution in [3.63, 3.8) is 0 Å². The Morgan fingerprint density at radius 2 is 1.85 bits per heavy atom. The molecular formula is C29H31FN5O6+. The maximum absolute atomic E-state index is 15.2. The van der Waals surface area contributed by atoms with Crippen LogP contribution < -0.4 is 10.6 Å². The molecule has 214 valence electrons. The van der Waals surface area contributed by atoms with Crippen molar-refractivity contribution in [2.75, 3.05) is 51.3 Å². The Balaban J connectivity index is 1.15. The molecule has 6 rings (SSSR count). The SMILES string of the molecule is O=C1CCC(=[N+]2C(=O)c3cccc(NCc4ccc(C(CO)N5CC(N6CCOCC6)C5)cc4F)c3C2=O)C(=O)N1. The number of ether oxygens (including phenoxy) is 1. The molecule has 0 spiro atoms. The summed E-state index contributed by atoms with van der Waals surface area (Å²) in [6, 6.07) is 9.71. The molecule has 3 N–H and O–H groups in total. The average Bonchev–Trinajstić information content (AvgIpc) is 3.20. The Bertz CT molecular complexity index is 1460. The largest absolute Gasteiger partial charge is 0.431 e. The van der Waals surface area contributed by atoms with Crippen LogP contribution in [0.15, 0.2) is 36.4 Å². The van der Waals surface area contributed by atoms with Crippen LogP contribution in [0, 0.1) is 5.82 Å². The zero-order valence-electron chi connectivity index (χ0n) is 22.4. The summed E-state index contributed by atoms with van der Waals surface area (Å²) in [5.74, 6) is -2.98. The minimum Gasteiger partial charge on any atom is -0.394 e. The Morgan fingerprint density at radius 1 is 1.07 bits per heavy atom. The normalized spacial score (nSPS) is 22.9. The summed E-state index contributed by atoms with van der Waals surface area (Å²) in [6.07, 6.45) is -0.0190. The molecule has 1 atom stereocenters. The lowest BCUT2D eigenvalue weighted by molar-refractivity contribution is -0.324. The second-order valence-electron chi connectivity index (χ2n) is 10.7. The van der Waals surface area contributed by atoms with Gasteiger partial charge >= 0.3 is 17.7 Å². The summed E-state index contributed by atoms with van der Waals surface area (Å²) in [6.45, 7) is 4.78. The fourth-order valence-corrected chi connectivity index (χ4v) is 5.95. The molecule has 0 aliphatic carbocycles. The summed E-state index contributed by atoms with van der Waals surface area (Å²) < 4.78 is 21.5. The molecule has 0 saturated carbocycles. The number of rotatable bonds is 7. The second kappa shape index (κ2) is 11.2. The maximum Gasteiger partial charge on any atom is 0.431 e. The summed E-state index contributed by atoms with van der Waals surface area (Å²) in [7, 11) is 0. The fourth-order valence-electron chi connectivity index (χ4n) is 5.95. The molecule has 3 fully saturated rings. The van der Waals surface area contributed by atoms with Gasteiger partial charge < -0.3 is 15.2 Å². The number of aliphatic hydroxyl groups is 1. The summed E-state index contributed by atoms with van der Waals surface area (Å²) in [5, 5.41) is 15.3. The fraction of sp³-hybridized carbons (Fsp3) is 0.414. The number of morpholine rings is 1. The van der Waals surface area contributed by atoms with E-state index in [9.17, 15) is 24.3 Å². The molecule has 41 heavy (non-hydrogen) atoms. The number of nitrogens with zero attached hydrogens (tertiary/aromatic N) is 3. The Kier molecular flexibility index (Phi) is 7.47. The highest BCUT2D eigenvalue weighted by Gasteiger charge is 2.48. The molecule has 0 aromatic heterocycles. The van der Waals surface area contributed by atoms with Crippen LogP contribution >= 0.6 is 0 Å². The predicted octanol–water partition coefficient (Wildman–Crippen LogP) is 0.672. The van der Waals surface area contributed by atoms with Crippen molar-refractivity contribution >= 4 is 35.0 Å². The number of amides is 4. The number of carbonyl (C=O) groups is 4. The number of imide groups is 2. The van der Waals surface area contributed by atoms with Crippen molar-refractivity contribution in [1.29, 1.82) is 0 Å². The van der Waals surface area contributed by atoms with E-state index >= 15 is 4.39 Å². The van der Waals surface area contributed by atoms with Crippen LogP contribution in [-0.2, 0) is 20.9 Å². The molecule has 12 heteroatoms. The molecule has 11 nitrogen and oxygen atoms in total. The third-order valence-corrected chi connectivity index (χ3v) is 8.29. The zero-order chi connectivity index (χ0) is 28.7. The molecule has 0 radical (unpaired) electrons. The number of halogens is 1. The van der Waals surface area contributed by atoms with Gasteiger partial charge in [-0.3, -0.25) is 24.7 Å². The summed E-state index contributed by atoms with van der Waals surface area (Å²) >= 11 is 0. The highest BCUT2D eigenvalue weighted by atomic mass is 19.1. The number of anilines is 1. The van der Waals surface area contributed by atoms with E-state index < -0.39 is 29.4 Å². The lowest BCUT2D eigenvalue weighted by atomic mass is 9.97. The van der Waals surface area contributed by atoms with E-state index in [-0.39, 0.29) is 48.9 Å².